The highest BCUT2D eigenvalue weighted by atomic mass is 32.2. The molecule has 3 N–H and O–H groups in total. The van der Waals surface area contributed by atoms with E-state index in [0.29, 0.717) is 25.3 Å². The monoisotopic (exact) mass is 313 g/mol. The summed E-state index contributed by atoms with van der Waals surface area (Å²) in [5.41, 5.74) is 5.92. The molecule has 1 fully saturated rings. The van der Waals surface area contributed by atoms with Crippen LogP contribution in [0, 0.1) is 0 Å². The Kier molecular flexibility index (Phi) is 5.16. The van der Waals surface area contributed by atoms with Crippen LogP contribution in [0.4, 0.5) is 0 Å². The molecular formula is C13H19N3O4S. The molecule has 1 heterocycles. The standard InChI is InChI=1S/C13H19N3O4S/c14-13(15-17)11-1-3-12(4-2-11)21(18,19)10-7-16-5-8-20-9-6-16/h1-4,17H,5-10H2,(H2,14,15). The maximum absolute atomic E-state index is 12.3. The first kappa shape index (κ1) is 15.7. The lowest BCUT2D eigenvalue weighted by Crippen LogP contribution is -2.39. The molecule has 1 aliphatic rings. The maximum Gasteiger partial charge on any atom is 0.179 e. The van der Waals surface area contributed by atoms with E-state index < -0.39 is 9.84 Å². The van der Waals surface area contributed by atoms with Crippen molar-refractivity contribution < 1.29 is 18.4 Å². The van der Waals surface area contributed by atoms with Gasteiger partial charge in [-0.15, -0.1) is 0 Å². The number of rotatable bonds is 5. The van der Waals surface area contributed by atoms with Crippen LogP contribution in [-0.2, 0) is 14.6 Å². The molecule has 1 aromatic rings. The number of nitrogens with zero attached hydrogens (tertiary/aromatic N) is 2. The first-order chi connectivity index (χ1) is 10.0. The van der Waals surface area contributed by atoms with E-state index in [1.54, 1.807) is 0 Å². The van der Waals surface area contributed by atoms with Gasteiger partial charge in [-0.3, -0.25) is 4.90 Å². The Morgan fingerprint density at radius 1 is 1.29 bits per heavy atom. The van der Waals surface area contributed by atoms with Gasteiger partial charge < -0.3 is 15.7 Å². The van der Waals surface area contributed by atoms with Crippen molar-refractivity contribution in [2.45, 2.75) is 4.90 Å². The van der Waals surface area contributed by atoms with Crippen molar-refractivity contribution in [1.29, 1.82) is 0 Å². The van der Waals surface area contributed by atoms with Crippen LogP contribution in [0.3, 0.4) is 0 Å². The molecule has 0 atom stereocenters. The van der Waals surface area contributed by atoms with Gasteiger partial charge in [-0.05, 0) is 24.3 Å². The van der Waals surface area contributed by atoms with E-state index in [1.807, 2.05) is 0 Å². The molecule has 0 aliphatic carbocycles. The molecule has 2 rings (SSSR count). The van der Waals surface area contributed by atoms with E-state index in [0.717, 1.165) is 13.1 Å². The van der Waals surface area contributed by atoms with Crippen LogP contribution in [0.25, 0.3) is 0 Å². The molecule has 1 saturated heterocycles. The molecular weight excluding hydrogens is 294 g/mol. The SMILES string of the molecule is N/C(=N/O)c1ccc(S(=O)(=O)CCN2CCOCC2)cc1. The molecule has 0 bridgehead atoms. The molecule has 0 saturated carbocycles. The molecule has 8 heteroatoms. The highest BCUT2D eigenvalue weighted by Crippen LogP contribution is 2.13. The van der Waals surface area contributed by atoms with Gasteiger partial charge in [-0.1, -0.05) is 5.16 Å². The first-order valence-corrected chi connectivity index (χ1v) is 8.29. The van der Waals surface area contributed by atoms with Gasteiger partial charge in [0.15, 0.2) is 15.7 Å². The zero-order valence-electron chi connectivity index (χ0n) is 11.6. The normalized spacial score (nSPS) is 17.8. The molecule has 0 amide bonds. The summed E-state index contributed by atoms with van der Waals surface area (Å²) >= 11 is 0. The summed E-state index contributed by atoms with van der Waals surface area (Å²) in [7, 11) is -3.33. The number of hydrogen-bond acceptors (Lipinski definition) is 6. The Morgan fingerprint density at radius 3 is 2.48 bits per heavy atom. The van der Waals surface area contributed by atoms with E-state index in [2.05, 4.69) is 10.1 Å². The van der Waals surface area contributed by atoms with Gasteiger partial charge >= 0.3 is 0 Å². The quantitative estimate of drug-likeness (QED) is 0.340. The van der Waals surface area contributed by atoms with Crippen molar-refractivity contribution in [2.24, 2.45) is 10.9 Å². The molecule has 21 heavy (non-hydrogen) atoms. The van der Waals surface area contributed by atoms with E-state index >= 15 is 0 Å². The third-order valence-electron chi connectivity index (χ3n) is 3.40. The van der Waals surface area contributed by atoms with Gasteiger partial charge in [0.25, 0.3) is 0 Å². The van der Waals surface area contributed by atoms with Crippen LogP contribution in [0.5, 0.6) is 0 Å². The predicted molar refractivity (Wildman–Crippen MR) is 78.3 cm³/mol. The number of oxime groups is 1. The number of benzene rings is 1. The van der Waals surface area contributed by atoms with Crippen molar-refractivity contribution in [1.82, 2.24) is 4.90 Å². The molecule has 7 nitrogen and oxygen atoms in total. The molecule has 0 unspecified atom stereocenters. The van der Waals surface area contributed by atoms with Crippen LogP contribution in [0.2, 0.25) is 0 Å². The summed E-state index contributed by atoms with van der Waals surface area (Å²) in [4.78, 5) is 2.32. The molecule has 0 aromatic heterocycles. The largest absolute Gasteiger partial charge is 0.409 e. The van der Waals surface area contributed by atoms with Crippen LogP contribution in [0.15, 0.2) is 34.3 Å². The summed E-state index contributed by atoms with van der Waals surface area (Å²) in [6.45, 7) is 3.31. The number of morpholine rings is 1. The second-order valence-electron chi connectivity index (χ2n) is 4.78. The Balaban J connectivity index is 2.01. The second-order valence-corrected chi connectivity index (χ2v) is 6.89. The number of sulfone groups is 1. The van der Waals surface area contributed by atoms with E-state index in [-0.39, 0.29) is 16.5 Å². The zero-order valence-corrected chi connectivity index (χ0v) is 12.4. The zero-order chi connectivity index (χ0) is 15.3. The number of amidine groups is 1. The van der Waals surface area contributed by atoms with Gasteiger partial charge in [-0.25, -0.2) is 8.42 Å². The Morgan fingerprint density at radius 2 is 1.90 bits per heavy atom. The third kappa shape index (κ3) is 4.16. The summed E-state index contributed by atoms with van der Waals surface area (Å²) in [6.07, 6.45) is 0. The number of hydrogen-bond donors (Lipinski definition) is 2. The summed E-state index contributed by atoms with van der Waals surface area (Å²) in [5.74, 6) is 0.0166. The third-order valence-corrected chi connectivity index (χ3v) is 5.11. The first-order valence-electron chi connectivity index (χ1n) is 6.64. The number of nitrogens with two attached hydrogens (primary N) is 1. The van der Waals surface area contributed by atoms with Crippen LogP contribution < -0.4 is 5.73 Å². The molecule has 0 spiro atoms. The van der Waals surface area contributed by atoms with Crippen molar-refractivity contribution in [3.8, 4) is 0 Å². The Hall–Kier alpha value is -1.64. The number of ether oxygens (including phenoxy) is 1. The molecule has 1 aromatic carbocycles. The minimum Gasteiger partial charge on any atom is -0.409 e. The lowest BCUT2D eigenvalue weighted by atomic mass is 10.2. The Bertz CT molecular complexity index is 592. The van der Waals surface area contributed by atoms with E-state index in [9.17, 15) is 8.42 Å². The second kappa shape index (κ2) is 6.88. The molecule has 116 valence electrons. The minimum atomic E-state index is -3.33. The Labute approximate surface area is 123 Å². The summed E-state index contributed by atoms with van der Waals surface area (Å²) in [6, 6.07) is 6.00. The van der Waals surface area contributed by atoms with Gasteiger partial charge in [0.05, 0.1) is 23.9 Å². The fourth-order valence-electron chi connectivity index (χ4n) is 2.08. The maximum atomic E-state index is 12.3. The van der Waals surface area contributed by atoms with Crippen LogP contribution in [0.1, 0.15) is 5.56 Å². The summed E-state index contributed by atoms with van der Waals surface area (Å²) in [5, 5.41) is 11.4. The lowest BCUT2D eigenvalue weighted by molar-refractivity contribution is 0.0408. The van der Waals surface area contributed by atoms with Gasteiger partial charge in [0.2, 0.25) is 0 Å². The van der Waals surface area contributed by atoms with Gasteiger partial charge in [-0.2, -0.15) is 0 Å². The molecule has 1 aliphatic heterocycles. The van der Waals surface area contributed by atoms with Crippen molar-refractivity contribution in [3.05, 3.63) is 29.8 Å². The highest BCUT2D eigenvalue weighted by molar-refractivity contribution is 7.91. The van der Waals surface area contributed by atoms with Crippen molar-refractivity contribution in [2.75, 3.05) is 38.6 Å². The van der Waals surface area contributed by atoms with Crippen LogP contribution >= 0.6 is 0 Å². The minimum absolute atomic E-state index is 0.0488. The average Bonchev–Trinajstić information content (AvgIpc) is 2.53. The van der Waals surface area contributed by atoms with Crippen molar-refractivity contribution in [3.63, 3.8) is 0 Å². The molecule has 0 radical (unpaired) electrons. The van der Waals surface area contributed by atoms with E-state index in [4.69, 9.17) is 15.7 Å². The fourth-order valence-corrected chi connectivity index (χ4v) is 3.37. The van der Waals surface area contributed by atoms with Gasteiger partial charge in [0.1, 0.15) is 0 Å². The van der Waals surface area contributed by atoms with E-state index in [1.165, 1.54) is 24.3 Å². The summed E-state index contributed by atoms with van der Waals surface area (Å²) < 4.78 is 29.7. The fraction of sp³-hybridized carbons (Fsp3) is 0.462. The predicted octanol–water partition coefficient (Wildman–Crippen LogP) is -0.113. The topological polar surface area (TPSA) is 105 Å². The average molecular weight is 313 g/mol. The van der Waals surface area contributed by atoms with Crippen LogP contribution in [-0.4, -0.2) is 63.0 Å². The van der Waals surface area contributed by atoms with Gasteiger partial charge in [0, 0.05) is 25.2 Å². The highest BCUT2D eigenvalue weighted by Gasteiger charge is 2.18. The smallest absolute Gasteiger partial charge is 0.179 e. The van der Waals surface area contributed by atoms with Crippen molar-refractivity contribution >= 4 is 15.7 Å². The lowest BCUT2D eigenvalue weighted by Gasteiger charge is -2.26.